The van der Waals surface area contributed by atoms with Crippen molar-refractivity contribution >= 4 is 5.82 Å². The van der Waals surface area contributed by atoms with E-state index in [0.717, 1.165) is 23.5 Å². The van der Waals surface area contributed by atoms with Gasteiger partial charge in [-0.1, -0.05) is 20.8 Å². The molecule has 0 aromatic carbocycles. The van der Waals surface area contributed by atoms with Gasteiger partial charge < -0.3 is 5.32 Å². The van der Waals surface area contributed by atoms with Gasteiger partial charge in [0.1, 0.15) is 11.6 Å². The van der Waals surface area contributed by atoms with Crippen molar-refractivity contribution in [3.63, 3.8) is 0 Å². The van der Waals surface area contributed by atoms with E-state index >= 15 is 0 Å². The van der Waals surface area contributed by atoms with Gasteiger partial charge in [-0.25, -0.2) is 9.97 Å². The maximum Gasteiger partial charge on any atom is 0.135 e. The van der Waals surface area contributed by atoms with Crippen LogP contribution in [0, 0.1) is 11.8 Å². The van der Waals surface area contributed by atoms with E-state index < -0.39 is 0 Å². The van der Waals surface area contributed by atoms with E-state index in [1.807, 2.05) is 12.3 Å². The normalized spacial score (nSPS) is 20.2. The Bertz CT molecular complexity index is 416. The molecule has 0 radical (unpaired) electrons. The Morgan fingerprint density at radius 2 is 1.78 bits per heavy atom. The molecule has 2 aliphatic rings. The van der Waals surface area contributed by atoms with Crippen LogP contribution in [0.15, 0.2) is 12.3 Å². The van der Waals surface area contributed by atoms with E-state index in [4.69, 9.17) is 0 Å². The number of nitrogens with one attached hydrogen (secondary N) is 1. The van der Waals surface area contributed by atoms with Crippen LogP contribution in [0.25, 0.3) is 0 Å². The fraction of sp³-hybridized carbons (Fsp3) is 0.733. The molecule has 0 unspecified atom stereocenters. The van der Waals surface area contributed by atoms with Crippen molar-refractivity contribution in [2.45, 2.75) is 57.9 Å². The summed E-state index contributed by atoms with van der Waals surface area (Å²) in [6, 6.07) is 2.67. The maximum atomic E-state index is 4.68. The van der Waals surface area contributed by atoms with Crippen molar-refractivity contribution in [3.05, 3.63) is 18.1 Å². The molecule has 0 aliphatic heterocycles. The van der Waals surface area contributed by atoms with E-state index in [0.29, 0.717) is 6.04 Å². The summed E-state index contributed by atoms with van der Waals surface area (Å²) in [6.45, 7) is 6.47. The van der Waals surface area contributed by atoms with Gasteiger partial charge in [-0.15, -0.1) is 0 Å². The third-order valence-corrected chi connectivity index (χ3v) is 3.90. The Morgan fingerprint density at radius 3 is 2.28 bits per heavy atom. The highest BCUT2D eigenvalue weighted by molar-refractivity contribution is 5.36. The quantitative estimate of drug-likeness (QED) is 0.883. The predicted octanol–water partition coefficient (Wildman–Crippen LogP) is 3.37. The van der Waals surface area contributed by atoms with Crippen LogP contribution in [-0.4, -0.2) is 16.0 Å². The molecule has 3 heteroatoms. The largest absolute Gasteiger partial charge is 0.367 e. The standard InChI is InChI=1S/C15H23N3/c1-15(2,3)14-16-9-8-12(18-14)17-13(10-4-5-10)11-6-7-11/h8-11,13H,4-7H2,1-3H3,(H,16,17,18). The summed E-state index contributed by atoms with van der Waals surface area (Å²) in [5.74, 6) is 3.73. The second kappa shape index (κ2) is 4.22. The minimum atomic E-state index is 0.0202. The summed E-state index contributed by atoms with van der Waals surface area (Å²) < 4.78 is 0. The molecule has 3 nitrogen and oxygen atoms in total. The third kappa shape index (κ3) is 2.65. The van der Waals surface area contributed by atoms with Gasteiger partial charge in [0.05, 0.1) is 0 Å². The maximum absolute atomic E-state index is 4.68. The summed E-state index contributed by atoms with van der Waals surface area (Å²) in [5.41, 5.74) is 0.0202. The van der Waals surface area contributed by atoms with E-state index in [2.05, 4.69) is 36.1 Å². The minimum Gasteiger partial charge on any atom is -0.367 e. The topological polar surface area (TPSA) is 37.8 Å². The average molecular weight is 245 g/mol. The number of hydrogen-bond acceptors (Lipinski definition) is 3. The van der Waals surface area contributed by atoms with Gasteiger partial charge in [-0.3, -0.25) is 0 Å². The van der Waals surface area contributed by atoms with Crippen LogP contribution in [-0.2, 0) is 5.41 Å². The molecular formula is C15H23N3. The molecule has 0 atom stereocenters. The fourth-order valence-corrected chi connectivity index (χ4v) is 2.50. The van der Waals surface area contributed by atoms with Gasteiger partial charge in [0.15, 0.2) is 0 Å². The van der Waals surface area contributed by atoms with Crippen molar-refractivity contribution in [2.24, 2.45) is 11.8 Å². The van der Waals surface area contributed by atoms with Gasteiger partial charge in [-0.2, -0.15) is 0 Å². The zero-order chi connectivity index (χ0) is 12.8. The average Bonchev–Trinajstić information content (AvgIpc) is 3.16. The zero-order valence-corrected chi connectivity index (χ0v) is 11.6. The smallest absolute Gasteiger partial charge is 0.135 e. The molecule has 0 bridgehead atoms. The number of anilines is 1. The van der Waals surface area contributed by atoms with Gasteiger partial charge in [-0.05, 0) is 43.6 Å². The van der Waals surface area contributed by atoms with Gasteiger partial charge in [0.25, 0.3) is 0 Å². The lowest BCUT2D eigenvalue weighted by atomic mass is 9.96. The van der Waals surface area contributed by atoms with Crippen LogP contribution in [0.3, 0.4) is 0 Å². The molecule has 2 fully saturated rings. The molecule has 2 aliphatic carbocycles. The van der Waals surface area contributed by atoms with Gasteiger partial charge >= 0.3 is 0 Å². The van der Waals surface area contributed by atoms with Crippen molar-refractivity contribution < 1.29 is 0 Å². The van der Waals surface area contributed by atoms with Crippen molar-refractivity contribution in [3.8, 4) is 0 Å². The Morgan fingerprint density at radius 1 is 1.17 bits per heavy atom. The number of hydrogen-bond donors (Lipinski definition) is 1. The van der Waals surface area contributed by atoms with Crippen LogP contribution >= 0.6 is 0 Å². The SMILES string of the molecule is CC(C)(C)c1nccc(NC(C2CC2)C2CC2)n1. The van der Waals surface area contributed by atoms with Crippen LogP contribution in [0.5, 0.6) is 0 Å². The highest BCUT2D eigenvalue weighted by Gasteiger charge is 2.41. The van der Waals surface area contributed by atoms with Crippen LogP contribution in [0.1, 0.15) is 52.3 Å². The summed E-state index contributed by atoms with van der Waals surface area (Å²) in [4.78, 5) is 9.07. The van der Waals surface area contributed by atoms with Crippen molar-refractivity contribution in [2.75, 3.05) is 5.32 Å². The molecular weight excluding hydrogens is 222 g/mol. The Hall–Kier alpha value is -1.12. The summed E-state index contributed by atoms with van der Waals surface area (Å²) in [6.07, 6.45) is 7.46. The molecule has 1 aromatic rings. The van der Waals surface area contributed by atoms with Crippen LogP contribution in [0.4, 0.5) is 5.82 Å². The first kappa shape index (κ1) is 11.9. The number of nitrogens with zero attached hydrogens (tertiary/aromatic N) is 2. The second-order valence-electron chi connectivity index (χ2n) is 6.86. The fourth-order valence-electron chi connectivity index (χ4n) is 2.50. The molecule has 0 amide bonds. The lowest BCUT2D eigenvalue weighted by Crippen LogP contribution is -2.26. The summed E-state index contributed by atoms with van der Waals surface area (Å²) >= 11 is 0. The molecule has 18 heavy (non-hydrogen) atoms. The number of aromatic nitrogens is 2. The first-order valence-electron chi connectivity index (χ1n) is 7.14. The molecule has 0 saturated heterocycles. The van der Waals surface area contributed by atoms with Crippen molar-refractivity contribution in [1.82, 2.24) is 9.97 Å². The Kier molecular flexibility index (Phi) is 2.80. The summed E-state index contributed by atoms with van der Waals surface area (Å²) in [7, 11) is 0. The van der Waals surface area contributed by atoms with Gasteiger partial charge in [0, 0.05) is 17.7 Å². The molecule has 1 aromatic heterocycles. The molecule has 2 saturated carbocycles. The molecule has 1 N–H and O–H groups in total. The van der Waals surface area contributed by atoms with Crippen molar-refractivity contribution in [1.29, 1.82) is 0 Å². The van der Waals surface area contributed by atoms with E-state index in [-0.39, 0.29) is 5.41 Å². The minimum absolute atomic E-state index is 0.0202. The Balaban J connectivity index is 1.75. The zero-order valence-electron chi connectivity index (χ0n) is 11.6. The van der Waals surface area contributed by atoms with Crippen LogP contribution < -0.4 is 5.32 Å². The molecule has 1 heterocycles. The highest BCUT2D eigenvalue weighted by Crippen LogP contribution is 2.45. The molecule has 0 spiro atoms. The Labute approximate surface area is 109 Å². The molecule has 3 rings (SSSR count). The summed E-state index contributed by atoms with van der Waals surface area (Å²) in [5, 5.41) is 3.66. The lowest BCUT2D eigenvalue weighted by Gasteiger charge is -2.21. The predicted molar refractivity (Wildman–Crippen MR) is 73.6 cm³/mol. The van der Waals surface area contributed by atoms with E-state index in [9.17, 15) is 0 Å². The lowest BCUT2D eigenvalue weighted by molar-refractivity contribution is 0.539. The number of rotatable bonds is 4. The van der Waals surface area contributed by atoms with Crippen LogP contribution in [0.2, 0.25) is 0 Å². The monoisotopic (exact) mass is 245 g/mol. The highest BCUT2D eigenvalue weighted by atomic mass is 15.1. The van der Waals surface area contributed by atoms with Gasteiger partial charge in [0.2, 0.25) is 0 Å². The molecule has 98 valence electrons. The first-order chi connectivity index (χ1) is 8.54. The van der Waals surface area contributed by atoms with E-state index in [1.54, 1.807) is 0 Å². The third-order valence-electron chi connectivity index (χ3n) is 3.90. The second-order valence-corrected chi connectivity index (χ2v) is 6.86. The first-order valence-corrected chi connectivity index (χ1v) is 7.14. The van der Waals surface area contributed by atoms with E-state index in [1.165, 1.54) is 25.7 Å².